The lowest BCUT2D eigenvalue weighted by Gasteiger charge is -2.23. The number of esters is 1. The number of amides is 2. The highest BCUT2D eigenvalue weighted by molar-refractivity contribution is 6.00. The number of nitrogens with one attached hydrogen (secondary N) is 2. The highest BCUT2D eigenvalue weighted by Crippen LogP contribution is 2.24. The Morgan fingerprint density at radius 1 is 0.731 bits per heavy atom. The summed E-state index contributed by atoms with van der Waals surface area (Å²) in [7, 11) is 1.22. The van der Waals surface area contributed by atoms with Crippen LogP contribution in [0.3, 0.4) is 0 Å². The van der Waals surface area contributed by atoms with Gasteiger partial charge in [-0.05, 0) is 68.2 Å². The molecule has 0 radical (unpaired) electrons. The van der Waals surface area contributed by atoms with Crippen molar-refractivity contribution in [3.05, 3.63) is 59.7 Å². The molecule has 52 heavy (non-hydrogen) atoms. The SMILES string of the molecule is CCCCC[C@H](CC(=O)c1ccc(-c2ccc(CCCC)cc2)cc1)C(=O)N[C@@H](CCC(=O)O)C(=O)C[C@@H](C)C(=O)N[C@@H](CCCCN)C(=O)OC. The lowest BCUT2D eigenvalue weighted by molar-refractivity contribution is -0.146. The summed E-state index contributed by atoms with van der Waals surface area (Å²) in [6.45, 7) is 6.16. The van der Waals surface area contributed by atoms with Crippen LogP contribution in [0.15, 0.2) is 48.5 Å². The maximum absolute atomic E-state index is 13.7. The van der Waals surface area contributed by atoms with Crippen LogP contribution in [-0.2, 0) is 35.1 Å². The molecule has 0 spiro atoms. The van der Waals surface area contributed by atoms with Crippen LogP contribution >= 0.6 is 0 Å². The Morgan fingerprint density at radius 2 is 1.33 bits per heavy atom. The molecule has 0 bridgehead atoms. The van der Waals surface area contributed by atoms with Gasteiger partial charge in [0.2, 0.25) is 11.8 Å². The van der Waals surface area contributed by atoms with Gasteiger partial charge in [-0.15, -0.1) is 0 Å². The van der Waals surface area contributed by atoms with Gasteiger partial charge in [0.05, 0.1) is 13.2 Å². The zero-order chi connectivity index (χ0) is 38.5. The van der Waals surface area contributed by atoms with Crippen LogP contribution in [0.1, 0.15) is 120 Å². The van der Waals surface area contributed by atoms with Crippen LogP contribution in [-0.4, -0.2) is 66.2 Å². The molecule has 11 nitrogen and oxygen atoms in total. The minimum Gasteiger partial charge on any atom is -0.481 e. The summed E-state index contributed by atoms with van der Waals surface area (Å²) >= 11 is 0. The second-order valence-corrected chi connectivity index (χ2v) is 13.6. The van der Waals surface area contributed by atoms with Gasteiger partial charge < -0.3 is 26.2 Å². The predicted molar refractivity (Wildman–Crippen MR) is 202 cm³/mol. The molecule has 0 fully saturated rings. The van der Waals surface area contributed by atoms with E-state index in [1.165, 1.54) is 19.6 Å². The van der Waals surface area contributed by atoms with E-state index in [0.717, 1.165) is 43.2 Å². The molecule has 0 saturated carbocycles. The summed E-state index contributed by atoms with van der Waals surface area (Å²) in [5.74, 6) is -5.11. The van der Waals surface area contributed by atoms with Gasteiger partial charge in [-0.25, -0.2) is 4.79 Å². The Kier molecular flexibility index (Phi) is 20.2. The second-order valence-electron chi connectivity index (χ2n) is 13.6. The summed E-state index contributed by atoms with van der Waals surface area (Å²) in [4.78, 5) is 77.3. The Labute approximate surface area is 308 Å². The first kappa shape index (κ1) is 43.8. The Balaban J connectivity index is 2.15. The summed E-state index contributed by atoms with van der Waals surface area (Å²) < 4.78 is 4.81. The molecule has 2 amide bonds. The number of unbranched alkanes of at least 4 members (excludes halogenated alkanes) is 4. The van der Waals surface area contributed by atoms with E-state index < -0.39 is 53.5 Å². The van der Waals surface area contributed by atoms with Gasteiger partial charge in [0, 0.05) is 36.7 Å². The van der Waals surface area contributed by atoms with Crippen LogP contribution in [0.2, 0.25) is 0 Å². The smallest absolute Gasteiger partial charge is 0.328 e. The molecule has 2 rings (SSSR count). The number of aryl methyl sites for hydroxylation is 1. The summed E-state index contributed by atoms with van der Waals surface area (Å²) in [6, 6.07) is 13.7. The second kappa shape index (κ2) is 24.0. The molecule has 0 heterocycles. The fourth-order valence-electron chi connectivity index (χ4n) is 6.01. The van der Waals surface area contributed by atoms with E-state index in [2.05, 4.69) is 41.8 Å². The monoisotopic (exact) mass is 721 g/mol. The first-order chi connectivity index (χ1) is 24.9. The third-order valence-corrected chi connectivity index (χ3v) is 9.33. The third kappa shape index (κ3) is 15.5. The molecular weight excluding hydrogens is 662 g/mol. The number of hydrogen-bond donors (Lipinski definition) is 4. The van der Waals surface area contributed by atoms with Crippen LogP contribution in [0.25, 0.3) is 11.1 Å². The van der Waals surface area contributed by atoms with E-state index in [9.17, 15) is 33.9 Å². The highest BCUT2D eigenvalue weighted by Gasteiger charge is 2.31. The first-order valence-electron chi connectivity index (χ1n) is 18.8. The van der Waals surface area contributed by atoms with Crippen molar-refractivity contribution in [2.24, 2.45) is 17.6 Å². The van der Waals surface area contributed by atoms with Gasteiger partial charge in [0.25, 0.3) is 0 Å². The molecule has 5 N–H and O–H groups in total. The lowest BCUT2D eigenvalue weighted by atomic mass is 9.90. The number of hydrogen-bond acceptors (Lipinski definition) is 8. The van der Waals surface area contributed by atoms with Crippen LogP contribution < -0.4 is 16.4 Å². The minimum absolute atomic E-state index is 0.0707. The summed E-state index contributed by atoms with van der Waals surface area (Å²) in [5, 5.41) is 14.7. The summed E-state index contributed by atoms with van der Waals surface area (Å²) in [6.07, 6.45) is 6.87. The Hall–Kier alpha value is -4.38. The molecule has 2 aromatic carbocycles. The Morgan fingerprint density at radius 3 is 1.90 bits per heavy atom. The van der Waals surface area contributed by atoms with Gasteiger partial charge >= 0.3 is 11.9 Å². The van der Waals surface area contributed by atoms with Crippen LogP contribution in [0.5, 0.6) is 0 Å². The van der Waals surface area contributed by atoms with Crippen molar-refractivity contribution in [2.45, 2.75) is 123 Å². The quantitative estimate of drug-likeness (QED) is 0.0500. The van der Waals surface area contributed by atoms with Crippen molar-refractivity contribution in [2.75, 3.05) is 13.7 Å². The van der Waals surface area contributed by atoms with E-state index in [1.54, 1.807) is 12.1 Å². The topological polar surface area (TPSA) is 182 Å². The van der Waals surface area contributed by atoms with Crippen molar-refractivity contribution in [3.8, 4) is 11.1 Å². The molecule has 0 aliphatic heterocycles. The molecule has 11 heteroatoms. The van der Waals surface area contributed by atoms with Crippen LogP contribution in [0, 0.1) is 11.8 Å². The fraction of sp³-hybridized carbons (Fsp3) is 0.561. The van der Waals surface area contributed by atoms with Gasteiger partial charge in [-0.2, -0.15) is 0 Å². The molecule has 0 aliphatic carbocycles. The number of benzene rings is 2. The van der Waals surface area contributed by atoms with E-state index >= 15 is 0 Å². The van der Waals surface area contributed by atoms with Crippen molar-refractivity contribution >= 4 is 35.3 Å². The zero-order valence-corrected chi connectivity index (χ0v) is 31.4. The van der Waals surface area contributed by atoms with Crippen LogP contribution in [0.4, 0.5) is 0 Å². The van der Waals surface area contributed by atoms with Gasteiger partial charge in [-0.1, -0.05) is 95.0 Å². The molecule has 0 unspecified atom stereocenters. The van der Waals surface area contributed by atoms with Gasteiger partial charge in [-0.3, -0.25) is 24.0 Å². The number of carbonyl (C=O) groups is 6. The van der Waals surface area contributed by atoms with E-state index in [0.29, 0.717) is 44.2 Å². The average Bonchev–Trinajstić information content (AvgIpc) is 3.14. The number of rotatable bonds is 26. The number of aliphatic carboxylic acids is 1. The molecular formula is C41H59N3O8. The van der Waals surface area contributed by atoms with Crippen molar-refractivity contribution in [1.29, 1.82) is 0 Å². The molecule has 0 aliphatic rings. The van der Waals surface area contributed by atoms with Gasteiger partial charge in [0.1, 0.15) is 6.04 Å². The largest absolute Gasteiger partial charge is 0.481 e. The standard InChI is InChI=1S/C41H59N3O8/c1-5-7-9-13-33(27-36(45)32-21-19-31(20-22-32)30-17-15-29(16-18-30)12-8-6-2)40(50)43-34(23-24-38(47)48)37(46)26-28(3)39(49)44-35(41(51)52-4)14-10-11-25-42/h15-22,28,33-35H,5-14,23-27,42H2,1-4H3,(H,43,50)(H,44,49)(H,47,48)/t28-,33-,34+,35+/m1/s1. The zero-order valence-electron chi connectivity index (χ0n) is 31.4. The van der Waals surface area contributed by atoms with E-state index in [1.807, 2.05) is 19.1 Å². The van der Waals surface area contributed by atoms with Gasteiger partial charge in [0.15, 0.2) is 11.6 Å². The number of ketones is 2. The van der Waals surface area contributed by atoms with Crippen molar-refractivity contribution in [1.82, 2.24) is 10.6 Å². The highest BCUT2D eigenvalue weighted by atomic mass is 16.5. The number of ether oxygens (including phenoxy) is 1. The number of nitrogens with two attached hydrogens (primary N) is 1. The Bertz CT molecular complexity index is 1440. The molecule has 286 valence electrons. The minimum atomic E-state index is -1.17. The third-order valence-electron chi connectivity index (χ3n) is 9.33. The number of carbonyl (C=O) groups excluding carboxylic acids is 5. The fourth-order valence-corrected chi connectivity index (χ4v) is 6.01. The maximum atomic E-state index is 13.7. The number of carboxylic acid groups (broad SMARTS) is 1. The van der Waals surface area contributed by atoms with Crippen molar-refractivity contribution < 1.29 is 38.6 Å². The number of methoxy groups -OCH3 is 1. The predicted octanol–water partition coefficient (Wildman–Crippen LogP) is 6.20. The average molecular weight is 722 g/mol. The molecule has 4 atom stereocenters. The number of Topliss-reactive ketones (excluding diaryl/α,β-unsaturated/α-hetero) is 2. The van der Waals surface area contributed by atoms with Crippen molar-refractivity contribution in [3.63, 3.8) is 0 Å². The van der Waals surface area contributed by atoms with E-state index in [-0.39, 0.29) is 31.5 Å². The normalized spacial score (nSPS) is 13.3. The number of carboxylic acids is 1. The lowest BCUT2D eigenvalue weighted by Crippen LogP contribution is -2.47. The van der Waals surface area contributed by atoms with E-state index in [4.69, 9.17) is 10.5 Å². The first-order valence-corrected chi connectivity index (χ1v) is 18.8. The molecule has 0 saturated heterocycles. The summed E-state index contributed by atoms with van der Waals surface area (Å²) in [5.41, 5.74) is 9.33. The molecule has 2 aromatic rings. The maximum Gasteiger partial charge on any atom is 0.328 e. The molecule has 0 aromatic heterocycles.